The van der Waals surface area contributed by atoms with Crippen molar-refractivity contribution in [2.75, 3.05) is 6.54 Å². The van der Waals surface area contributed by atoms with Gasteiger partial charge in [-0.2, -0.15) is 0 Å². The third-order valence-corrected chi connectivity index (χ3v) is 4.86. The average Bonchev–Trinajstić information content (AvgIpc) is 2.84. The molecular formula is C9H10BrN3OS2. The molecule has 1 atom stereocenters. The van der Waals surface area contributed by atoms with E-state index in [0.29, 0.717) is 17.7 Å². The number of aryl methyl sites for hydroxylation is 1. The van der Waals surface area contributed by atoms with Crippen molar-refractivity contribution in [3.05, 3.63) is 26.7 Å². The van der Waals surface area contributed by atoms with Crippen LogP contribution in [-0.2, 0) is 0 Å². The lowest BCUT2D eigenvalue weighted by Crippen LogP contribution is -2.07. The molecule has 0 aromatic carbocycles. The van der Waals surface area contributed by atoms with Crippen LogP contribution in [0.3, 0.4) is 0 Å². The van der Waals surface area contributed by atoms with Crippen molar-refractivity contribution in [2.45, 2.75) is 17.4 Å². The van der Waals surface area contributed by atoms with Gasteiger partial charge < -0.3 is 10.2 Å². The maximum absolute atomic E-state index is 5.75. The Morgan fingerprint density at radius 2 is 2.38 bits per heavy atom. The number of nitrogens with zero attached hydrogens (tertiary/aromatic N) is 2. The van der Waals surface area contributed by atoms with Gasteiger partial charge >= 0.3 is 0 Å². The van der Waals surface area contributed by atoms with Crippen LogP contribution in [0.25, 0.3) is 0 Å². The van der Waals surface area contributed by atoms with Crippen molar-refractivity contribution < 1.29 is 4.42 Å². The first-order chi connectivity index (χ1) is 7.69. The van der Waals surface area contributed by atoms with Crippen LogP contribution in [0.15, 0.2) is 25.6 Å². The van der Waals surface area contributed by atoms with Crippen LogP contribution in [0.1, 0.15) is 16.0 Å². The highest BCUT2D eigenvalue weighted by Gasteiger charge is 2.17. The van der Waals surface area contributed by atoms with E-state index in [9.17, 15) is 0 Å². The van der Waals surface area contributed by atoms with E-state index in [-0.39, 0.29) is 5.25 Å². The molecule has 2 rings (SSSR count). The second-order valence-electron chi connectivity index (χ2n) is 3.07. The average molecular weight is 320 g/mol. The van der Waals surface area contributed by atoms with E-state index < -0.39 is 0 Å². The Hall–Kier alpha value is -0.370. The summed E-state index contributed by atoms with van der Waals surface area (Å²) < 4.78 is 6.42. The highest BCUT2D eigenvalue weighted by atomic mass is 79.9. The Kier molecular flexibility index (Phi) is 4.01. The van der Waals surface area contributed by atoms with E-state index in [1.807, 2.05) is 6.07 Å². The molecule has 0 fully saturated rings. The lowest BCUT2D eigenvalue weighted by Gasteiger charge is -2.08. The molecule has 4 nitrogen and oxygen atoms in total. The molecular weight excluding hydrogens is 310 g/mol. The first-order valence-corrected chi connectivity index (χ1v) is 7.10. The fourth-order valence-electron chi connectivity index (χ4n) is 1.17. The first-order valence-electron chi connectivity index (χ1n) is 4.61. The molecule has 2 N–H and O–H groups in total. The smallest absolute Gasteiger partial charge is 0.277 e. The molecule has 16 heavy (non-hydrogen) atoms. The summed E-state index contributed by atoms with van der Waals surface area (Å²) >= 11 is 6.61. The van der Waals surface area contributed by atoms with Gasteiger partial charge in [-0.3, -0.25) is 0 Å². The number of hydrogen-bond donors (Lipinski definition) is 1. The second kappa shape index (κ2) is 5.31. The zero-order valence-corrected chi connectivity index (χ0v) is 11.7. The summed E-state index contributed by atoms with van der Waals surface area (Å²) in [6.45, 7) is 2.31. The maximum Gasteiger partial charge on any atom is 0.277 e. The number of aromatic nitrogens is 2. The second-order valence-corrected chi connectivity index (χ2v) is 6.72. The summed E-state index contributed by atoms with van der Waals surface area (Å²) in [7, 11) is 0. The van der Waals surface area contributed by atoms with E-state index >= 15 is 0 Å². The molecule has 1 unspecified atom stereocenters. The van der Waals surface area contributed by atoms with E-state index in [2.05, 4.69) is 32.2 Å². The normalized spacial score (nSPS) is 12.9. The Morgan fingerprint density at radius 1 is 1.56 bits per heavy atom. The molecule has 0 aliphatic carbocycles. The van der Waals surface area contributed by atoms with Crippen LogP contribution < -0.4 is 5.73 Å². The molecule has 2 aromatic rings. The predicted molar refractivity (Wildman–Crippen MR) is 68.7 cm³/mol. The molecule has 0 saturated carbocycles. The number of thiophene rings is 1. The quantitative estimate of drug-likeness (QED) is 0.877. The maximum atomic E-state index is 5.75. The molecule has 86 valence electrons. The third kappa shape index (κ3) is 2.85. The summed E-state index contributed by atoms with van der Waals surface area (Å²) in [5, 5.41) is 8.47. The van der Waals surface area contributed by atoms with Gasteiger partial charge in [0.2, 0.25) is 5.89 Å². The molecule has 0 amide bonds. The summed E-state index contributed by atoms with van der Waals surface area (Å²) in [6.07, 6.45) is 0. The van der Waals surface area contributed by atoms with Crippen molar-refractivity contribution in [3.8, 4) is 0 Å². The van der Waals surface area contributed by atoms with Crippen LogP contribution in [0.2, 0.25) is 0 Å². The van der Waals surface area contributed by atoms with Gasteiger partial charge in [0.25, 0.3) is 5.22 Å². The fourth-order valence-corrected chi connectivity index (χ4v) is 3.67. The SMILES string of the molecule is Cc1nnc(SC(CN)c2ccc(Br)s2)o1. The molecule has 0 aliphatic heterocycles. The number of nitrogens with two attached hydrogens (primary N) is 1. The number of halogens is 1. The molecule has 7 heteroatoms. The highest BCUT2D eigenvalue weighted by Crippen LogP contribution is 2.38. The van der Waals surface area contributed by atoms with Gasteiger partial charge in [0.1, 0.15) is 0 Å². The third-order valence-electron chi connectivity index (χ3n) is 1.88. The Bertz CT molecular complexity index is 471. The fraction of sp³-hybridized carbons (Fsp3) is 0.333. The summed E-state index contributed by atoms with van der Waals surface area (Å²) in [6, 6.07) is 4.07. The van der Waals surface area contributed by atoms with Gasteiger partial charge in [-0.05, 0) is 28.1 Å². The van der Waals surface area contributed by atoms with Crippen molar-refractivity contribution in [2.24, 2.45) is 5.73 Å². The minimum atomic E-state index is 0.163. The van der Waals surface area contributed by atoms with Crippen molar-refractivity contribution >= 4 is 39.0 Å². The van der Waals surface area contributed by atoms with E-state index in [0.717, 1.165) is 3.79 Å². The summed E-state index contributed by atoms with van der Waals surface area (Å²) in [5.74, 6) is 0.575. The molecule has 0 radical (unpaired) electrons. The van der Waals surface area contributed by atoms with Gasteiger partial charge in [0, 0.05) is 18.3 Å². The van der Waals surface area contributed by atoms with Crippen molar-refractivity contribution in [1.29, 1.82) is 0 Å². The van der Waals surface area contributed by atoms with Crippen LogP contribution >= 0.6 is 39.0 Å². The van der Waals surface area contributed by atoms with E-state index in [1.54, 1.807) is 18.3 Å². The minimum absolute atomic E-state index is 0.163. The number of thioether (sulfide) groups is 1. The van der Waals surface area contributed by atoms with Crippen LogP contribution in [-0.4, -0.2) is 16.7 Å². The zero-order chi connectivity index (χ0) is 11.5. The van der Waals surface area contributed by atoms with Crippen molar-refractivity contribution in [1.82, 2.24) is 10.2 Å². The standard InChI is InChI=1S/C9H10BrN3OS2/c1-5-12-13-9(14-5)16-7(4-11)6-2-3-8(10)15-6/h2-3,7H,4,11H2,1H3. The Morgan fingerprint density at radius 3 is 2.88 bits per heavy atom. The molecule has 0 bridgehead atoms. The topological polar surface area (TPSA) is 64.9 Å². The molecule has 0 saturated heterocycles. The van der Waals surface area contributed by atoms with Gasteiger partial charge in [-0.25, -0.2) is 0 Å². The van der Waals surface area contributed by atoms with Gasteiger partial charge in [0.15, 0.2) is 0 Å². The van der Waals surface area contributed by atoms with E-state index in [1.165, 1.54) is 16.6 Å². The Labute approximate surface area is 110 Å². The minimum Gasteiger partial charge on any atom is -0.416 e. The summed E-state index contributed by atoms with van der Waals surface area (Å²) in [5.41, 5.74) is 5.75. The van der Waals surface area contributed by atoms with Crippen LogP contribution in [0, 0.1) is 6.92 Å². The molecule has 0 aliphatic rings. The van der Waals surface area contributed by atoms with Crippen LogP contribution in [0.5, 0.6) is 0 Å². The van der Waals surface area contributed by atoms with Gasteiger partial charge in [-0.15, -0.1) is 21.5 Å². The van der Waals surface area contributed by atoms with Gasteiger partial charge in [0.05, 0.1) is 9.04 Å². The highest BCUT2D eigenvalue weighted by molar-refractivity contribution is 9.11. The molecule has 2 heterocycles. The lowest BCUT2D eigenvalue weighted by molar-refractivity contribution is 0.428. The first kappa shape index (κ1) is 12.1. The number of rotatable bonds is 4. The predicted octanol–water partition coefficient (Wildman–Crippen LogP) is 2.99. The van der Waals surface area contributed by atoms with Crippen LogP contribution in [0.4, 0.5) is 0 Å². The monoisotopic (exact) mass is 319 g/mol. The zero-order valence-electron chi connectivity index (χ0n) is 8.51. The molecule has 0 spiro atoms. The Balaban J connectivity index is 2.12. The largest absolute Gasteiger partial charge is 0.416 e. The van der Waals surface area contributed by atoms with E-state index in [4.69, 9.17) is 10.2 Å². The number of hydrogen-bond acceptors (Lipinski definition) is 6. The summed E-state index contributed by atoms with van der Waals surface area (Å²) in [4.78, 5) is 1.20. The van der Waals surface area contributed by atoms with Crippen molar-refractivity contribution in [3.63, 3.8) is 0 Å². The molecule has 2 aromatic heterocycles. The lowest BCUT2D eigenvalue weighted by atomic mass is 10.3. The van der Waals surface area contributed by atoms with Gasteiger partial charge in [-0.1, -0.05) is 11.8 Å².